The van der Waals surface area contributed by atoms with Crippen LogP contribution < -0.4 is 9.47 Å². The van der Waals surface area contributed by atoms with Crippen molar-refractivity contribution in [2.24, 2.45) is 9.98 Å². The maximum atomic E-state index is 12.5. The van der Waals surface area contributed by atoms with E-state index in [9.17, 15) is 4.79 Å². The molecule has 2 aromatic rings. The summed E-state index contributed by atoms with van der Waals surface area (Å²) in [5, 5.41) is 0.615. The lowest BCUT2D eigenvalue weighted by atomic mass is 10.1. The fraction of sp³-hybridized carbons (Fsp3) is 0.136. The maximum Gasteiger partial charge on any atom is 0.285 e. The maximum absolute atomic E-state index is 12.5. The van der Waals surface area contributed by atoms with Crippen molar-refractivity contribution in [1.82, 2.24) is 4.90 Å². The second-order valence-electron chi connectivity index (χ2n) is 6.40. The number of benzene rings is 2. The van der Waals surface area contributed by atoms with E-state index in [1.807, 2.05) is 35.4 Å². The third kappa shape index (κ3) is 4.38. The molecule has 2 aliphatic heterocycles. The van der Waals surface area contributed by atoms with Crippen molar-refractivity contribution in [3.63, 3.8) is 0 Å². The zero-order valence-electron chi connectivity index (χ0n) is 15.7. The molecule has 4 rings (SSSR count). The fourth-order valence-corrected chi connectivity index (χ4v) is 3.22. The molecule has 0 aromatic heterocycles. The standard InChI is InChI=1S/C22H18ClN3O3/c1-28-17-6-4-7-18(11-17)29-14-21(27)25-22-19-8-3-2-5-15(19)12-26-13-16(23)9-10-20(26)24-22/h2-11,13H,12,14H2,1H3. The average Bonchev–Trinajstić information content (AvgIpc) is 2.88. The van der Waals surface area contributed by atoms with Crippen molar-refractivity contribution in [2.75, 3.05) is 13.7 Å². The molecule has 2 aliphatic rings. The predicted octanol–water partition coefficient (Wildman–Crippen LogP) is 3.91. The van der Waals surface area contributed by atoms with Gasteiger partial charge in [-0.2, -0.15) is 4.99 Å². The molecule has 6 nitrogen and oxygen atoms in total. The third-order valence-electron chi connectivity index (χ3n) is 4.42. The topological polar surface area (TPSA) is 63.5 Å². The Kier molecular flexibility index (Phi) is 5.44. The number of amidine groups is 2. The molecule has 146 valence electrons. The SMILES string of the molecule is COc1cccc(OCC(=O)N=C2N=C3C=CC(Cl)=CN3Cc3ccccc32)c1. The molecule has 0 saturated heterocycles. The number of carbonyl (C=O) groups excluding carboxylic acids is 1. The van der Waals surface area contributed by atoms with Crippen LogP contribution in [0.4, 0.5) is 0 Å². The van der Waals surface area contributed by atoms with Gasteiger partial charge in [-0.05, 0) is 29.8 Å². The van der Waals surface area contributed by atoms with Crippen molar-refractivity contribution < 1.29 is 14.3 Å². The van der Waals surface area contributed by atoms with Gasteiger partial charge < -0.3 is 14.4 Å². The van der Waals surface area contributed by atoms with Gasteiger partial charge in [0.1, 0.15) is 17.3 Å². The summed E-state index contributed by atoms with van der Waals surface area (Å²) in [7, 11) is 1.57. The monoisotopic (exact) mass is 407 g/mol. The van der Waals surface area contributed by atoms with E-state index >= 15 is 0 Å². The number of carbonyl (C=O) groups is 1. The second-order valence-corrected chi connectivity index (χ2v) is 6.84. The Hall–Kier alpha value is -3.38. The molecule has 0 aliphatic carbocycles. The summed E-state index contributed by atoms with van der Waals surface area (Å²) >= 11 is 6.13. The van der Waals surface area contributed by atoms with Crippen LogP contribution in [0.3, 0.4) is 0 Å². The lowest BCUT2D eigenvalue weighted by molar-refractivity contribution is -0.119. The fourth-order valence-electron chi connectivity index (χ4n) is 3.04. The minimum Gasteiger partial charge on any atom is -0.497 e. The Labute approximate surface area is 173 Å². The summed E-state index contributed by atoms with van der Waals surface area (Å²) in [6.45, 7) is 0.387. The highest BCUT2D eigenvalue weighted by atomic mass is 35.5. The lowest BCUT2D eigenvalue weighted by Gasteiger charge is -2.21. The van der Waals surface area contributed by atoms with E-state index in [1.165, 1.54) is 0 Å². The van der Waals surface area contributed by atoms with Crippen LogP contribution in [0.15, 0.2) is 81.9 Å². The highest BCUT2D eigenvalue weighted by molar-refractivity contribution is 6.32. The van der Waals surface area contributed by atoms with Crippen molar-refractivity contribution in [3.05, 3.63) is 83.0 Å². The molecular weight excluding hydrogens is 390 g/mol. The third-order valence-corrected chi connectivity index (χ3v) is 4.64. The molecule has 0 spiro atoms. The Balaban J connectivity index is 1.59. The van der Waals surface area contributed by atoms with E-state index in [4.69, 9.17) is 21.1 Å². The molecule has 29 heavy (non-hydrogen) atoms. The van der Waals surface area contributed by atoms with Crippen molar-refractivity contribution >= 4 is 29.2 Å². The summed E-state index contributed by atoms with van der Waals surface area (Å²) in [6.07, 6.45) is 5.38. The Morgan fingerprint density at radius 3 is 2.86 bits per heavy atom. The molecule has 1 amide bonds. The van der Waals surface area contributed by atoms with Gasteiger partial charge >= 0.3 is 0 Å². The van der Waals surface area contributed by atoms with Gasteiger partial charge in [0, 0.05) is 24.4 Å². The number of halogens is 1. The van der Waals surface area contributed by atoms with Gasteiger partial charge in [0.15, 0.2) is 12.4 Å². The van der Waals surface area contributed by atoms with Gasteiger partial charge in [-0.1, -0.05) is 41.9 Å². The van der Waals surface area contributed by atoms with Crippen LogP contribution in [-0.2, 0) is 11.3 Å². The van der Waals surface area contributed by atoms with E-state index in [1.54, 1.807) is 43.5 Å². The first-order valence-corrected chi connectivity index (χ1v) is 9.37. The number of ether oxygens (including phenoxy) is 2. The first-order chi connectivity index (χ1) is 14.1. The summed E-state index contributed by atoms with van der Waals surface area (Å²) in [4.78, 5) is 23.3. The van der Waals surface area contributed by atoms with Gasteiger partial charge in [-0.3, -0.25) is 4.79 Å². The number of hydrogen-bond donors (Lipinski definition) is 0. The Bertz CT molecular complexity index is 1070. The van der Waals surface area contributed by atoms with E-state index in [-0.39, 0.29) is 6.61 Å². The Morgan fingerprint density at radius 1 is 1.17 bits per heavy atom. The summed E-state index contributed by atoms with van der Waals surface area (Å²) in [5.41, 5.74) is 1.81. The molecule has 0 atom stereocenters. The first kappa shape index (κ1) is 19.0. The molecule has 0 fully saturated rings. The number of amides is 1. The van der Waals surface area contributed by atoms with Gasteiger partial charge in [0.2, 0.25) is 0 Å². The molecule has 0 bridgehead atoms. The van der Waals surface area contributed by atoms with Crippen LogP contribution in [0, 0.1) is 0 Å². The van der Waals surface area contributed by atoms with Gasteiger partial charge in [-0.15, -0.1) is 0 Å². The number of hydrogen-bond acceptors (Lipinski definition) is 4. The van der Waals surface area contributed by atoms with Crippen LogP contribution in [-0.4, -0.2) is 36.2 Å². The van der Waals surface area contributed by atoms with Crippen LogP contribution in [0.2, 0.25) is 0 Å². The van der Waals surface area contributed by atoms with E-state index < -0.39 is 5.91 Å². The molecule has 0 saturated carbocycles. The zero-order valence-corrected chi connectivity index (χ0v) is 16.5. The van der Waals surface area contributed by atoms with Gasteiger partial charge in [0.05, 0.1) is 12.1 Å². The zero-order chi connectivity index (χ0) is 20.2. The minimum absolute atomic E-state index is 0.199. The predicted molar refractivity (Wildman–Crippen MR) is 113 cm³/mol. The minimum atomic E-state index is -0.427. The van der Waals surface area contributed by atoms with E-state index in [0.717, 1.165) is 11.1 Å². The van der Waals surface area contributed by atoms with Crippen molar-refractivity contribution in [2.45, 2.75) is 6.54 Å². The largest absolute Gasteiger partial charge is 0.497 e. The van der Waals surface area contributed by atoms with Crippen molar-refractivity contribution in [1.29, 1.82) is 0 Å². The molecule has 7 heteroatoms. The average molecular weight is 408 g/mol. The second kappa shape index (κ2) is 8.32. The normalized spacial score (nSPS) is 16.3. The van der Waals surface area contributed by atoms with Crippen LogP contribution in [0.5, 0.6) is 11.5 Å². The number of fused-ring (bicyclic) bond motifs is 2. The lowest BCUT2D eigenvalue weighted by Crippen LogP contribution is -2.25. The summed E-state index contributed by atoms with van der Waals surface area (Å²) in [6, 6.07) is 14.8. The van der Waals surface area contributed by atoms with Crippen LogP contribution in [0.25, 0.3) is 0 Å². The van der Waals surface area contributed by atoms with Gasteiger partial charge in [-0.25, -0.2) is 4.99 Å². The molecule has 2 heterocycles. The summed E-state index contributed by atoms with van der Waals surface area (Å²) < 4.78 is 10.7. The van der Waals surface area contributed by atoms with Crippen molar-refractivity contribution in [3.8, 4) is 11.5 Å². The van der Waals surface area contributed by atoms with Crippen LogP contribution >= 0.6 is 11.6 Å². The summed E-state index contributed by atoms with van der Waals surface area (Å²) in [5.74, 6) is 1.79. The van der Waals surface area contributed by atoms with Gasteiger partial charge in [0.25, 0.3) is 5.91 Å². The smallest absolute Gasteiger partial charge is 0.285 e. The highest BCUT2D eigenvalue weighted by Crippen LogP contribution is 2.23. The molecule has 0 radical (unpaired) electrons. The highest BCUT2D eigenvalue weighted by Gasteiger charge is 2.21. The first-order valence-electron chi connectivity index (χ1n) is 9.00. The number of allylic oxidation sites excluding steroid dienone is 2. The molecular formula is C22H18ClN3O3. The van der Waals surface area contributed by atoms with E-state index in [0.29, 0.717) is 34.7 Å². The Morgan fingerprint density at radius 2 is 2.00 bits per heavy atom. The van der Waals surface area contributed by atoms with Crippen LogP contribution in [0.1, 0.15) is 11.1 Å². The number of methoxy groups -OCH3 is 1. The molecule has 2 aromatic carbocycles. The number of nitrogens with zero attached hydrogens (tertiary/aromatic N) is 3. The quantitative estimate of drug-likeness (QED) is 0.770. The van der Waals surface area contributed by atoms with E-state index in [2.05, 4.69) is 9.98 Å². The molecule has 0 unspecified atom stereocenters. The molecule has 0 N–H and O–H groups in total. The number of rotatable bonds is 4. The number of aliphatic imine (C=N–C) groups is 2.